The molecule has 48 heavy (non-hydrogen) atoms. The van der Waals surface area contributed by atoms with E-state index >= 15 is 0 Å². The maximum atomic E-state index is 5.67. The van der Waals surface area contributed by atoms with Gasteiger partial charge in [0.15, 0.2) is 0 Å². The van der Waals surface area contributed by atoms with Gasteiger partial charge < -0.3 is 9.88 Å². The number of aromatic nitrogens is 2. The van der Waals surface area contributed by atoms with E-state index in [0.717, 1.165) is 11.5 Å². The molecule has 0 aliphatic heterocycles. The second-order valence-corrected chi connectivity index (χ2v) is 15.5. The summed E-state index contributed by atoms with van der Waals surface area (Å²) in [6, 6.07) is 29.4. The molecule has 0 saturated carbocycles. The van der Waals surface area contributed by atoms with Gasteiger partial charge in [-0.1, -0.05) is 148 Å². The zero-order chi connectivity index (χ0) is 34.4. The molecule has 0 amide bonds. The van der Waals surface area contributed by atoms with E-state index in [0.29, 0.717) is 29.6 Å². The topological polar surface area (TPSA) is 29.9 Å². The van der Waals surface area contributed by atoms with Crippen molar-refractivity contribution in [2.45, 2.75) is 111 Å². The van der Waals surface area contributed by atoms with Gasteiger partial charge in [-0.25, -0.2) is 4.98 Å². The van der Waals surface area contributed by atoms with Gasteiger partial charge in [0.2, 0.25) is 0 Å². The maximum absolute atomic E-state index is 5.67. The van der Waals surface area contributed by atoms with Gasteiger partial charge in [0, 0.05) is 18.9 Å². The molecule has 1 aromatic heterocycles. The van der Waals surface area contributed by atoms with Crippen molar-refractivity contribution in [3.63, 3.8) is 0 Å². The van der Waals surface area contributed by atoms with E-state index in [1.54, 1.807) is 0 Å². The van der Waals surface area contributed by atoms with Crippen LogP contribution >= 0.6 is 0 Å². The highest BCUT2D eigenvalue weighted by molar-refractivity contribution is 5.80. The predicted molar refractivity (Wildman–Crippen MR) is 205 cm³/mol. The van der Waals surface area contributed by atoms with Crippen LogP contribution in [0.25, 0.3) is 11.1 Å². The number of aryl methyl sites for hydroxylation is 1. The second-order valence-electron chi connectivity index (χ2n) is 15.5. The lowest BCUT2D eigenvalue weighted by Crippen LogP contribution is -2.23. The fraction of sp³-hybridized carbons (Fsp3) is 0.400. The van der Waals surface area contributed by atoms with Crippen LogP contribution in [0.4, 0.5) is 5.69 Å². The quantitative estimate of drug-likeness (QED) is 0.162. The molecule has 1 atom stereocenters. The summed E-state index contributed by atoms with van der Waals surface area (Å²) in [5.74, 6) is 3.10. The van der Waals surface area contributed by atoms with Crippen LogP contribution < -0.4 is 5.32 Å². The standard InChI is InChI=1S/C45H55N3/c1-26(2)31-23-38(29(7)8)42(39(24-31)30(9)10)44(47-43-32(27(3)4)21-16-22-33(43)28(5)6)45-46-40(25-48(45)11)41-36-19-14-12-17-34(36)35-18-13-15-20-37(35)41/h12-30,41,44,47H,1-11H3. The van der Waals surface area contributed by atoms with Gasteiger partial charge in [0.05, 0.1) is 11.6 Å². The molecular weight excluding hydrogens is 583 g/mol. The van der Waals surface area contributed by atoms with E-state index < -0.39 is 0 Å². The van der Waals surface area contributed by atoms with E-state index in [9.17, 15) is 0 Å². The molecule has 1 heterocycles. The first kappa shape index (κ1) is 33.8. The van der Waals surface area contributed by atoms with Crippen molar-refractivity contribution in [2.75, 3.05) is 5.32 Å². The van der Waals surface area contributed by atoms with Crippen molar-refractivity contribution in [1.29, 1.82) is 0 Å². The molecule has 3 nitrogen and oxygen atoms in total. The summed E-state index contributed by atoms with van der Waals surface area (Å²) in [6.45, 7) is 23.3. The van der Waals surface area contributed by atoms with E-state index in [1.165, 1.54) is 61.3 Å². The highest BCUT2D eigenvalue weighted by atomic mass is 15.1. The fourth-order valence-electron chi connectivity index (χ4n) is 7.86. The number of hydrogen-bond acceptors (Lipinski definition) is 2. The van der Waals surface area contributed by atoms with Gasteiger partial charge in [0.25, 0.3) is 0 Å². The maximum Gasteiger partial charge on any atom is 0.136 e. The van der Waals surface area contributed by atoms with Crippen LogP contribution in [0.15, 0.2) is 85.1 Å². The Kier molecular flexibility index (Phi) is 9.44. The summed E-state index contributed by atoms with van der Waals surface area (Å²) in [5.41, 5.74) is 16.0. The largest absolute Gasteiger partial charge is 0.371 e. The minimum atomic E-state index is -0.135. The summed E-state index contributed by atoms with van der Waals surface area (Å²) < 4.78 is 2.30. The number of nitrogens with one attached hydrogen (secondary N) is 1. The molecule has 0 radical (unpaired) electrons. The summed E-state index contributed by atoms with van der Waals surface area (Å²) in [5, 5.41) is 4.25. The first-order chi connectivity index (χ1) is 22.9. The van der Waals surface area contributed by atoms with Crippen molar-refractivity contribution >= 4 is 5.69 Å². The summed E-state index contributed by atoms with van der Waals surface area (Å²) in [6.07, 6.45) is 2.29. The van der Waals surface area contributed by atoms with Crippen LogP contribution in [0.1, 0.15) is 167 Å². The average molecular weight is 638 g/mol. The first-order valence-electron chi connectivity index (χ1n) is 18.2. The van der Waals surface area contributed by atoms with Crippen molar-refractivity contribution in [3.05, 3.63) is 141 Å². The molecule has 0 bridgehead atoms. The Labute approximate surface area is 289 Å². The van der Waals surface area contributed by atoms with Crippen LogP contribution in [0.2, 0.25) is 0 Å². The van der Waals surface area contributed by atoms with Crippen LogP contribution in [0.5, 0.6) is 0 Å². The molecule has 4 aromatic carbocycles. The van der Waals surface area contributed by atoms with E-state index in [-0.39, 0.29) is 12.0 Å². The van der Waals surface area contributed by atoms with E-state index in [4.69, 9.17) is 4.98 Å². The van der Waals surface area contributed by atoms with Crippen molar-refractivity contribution in [2.24, 2.45) is 7.05 Å². The monoisotopic (exact) mass is 637 g/mol. The number of hydrogen-bond donors (Lipinski definition) is 1. The molecule has 1 unspecified atom stereocenters. The van der Waals surface area contributed by atoms with Crippen LogP contribution in [0, 0.1) is 0 Å². The lowest BCUT2D eigenvalue weighted by molar-refractivity contribution is 0.700. The third-order valence-electron chi connectivity index (χ3n) is 10.4. The summed E-state index contributed by atoms with van der Waals surface area (Å²) >= 11 is 0. The van der Waals surface area contributed by atoms with Crippen molar-refractivity contribution < 1.29 is 0 Å². The molecule has 250 valence electrons. The molecule has 1 aliphatic rings. The predicted octanol–water partition coefficient (Wildman–Crippen LogP) is 12.4. The Morgan fingerprint density at radius 2 is 1.06 bits per heavy atom. The molecule has 0 fully saturated rings. The third kappa shape index (κ3) is 6.02. The lowest BCUT2D eigenvalue weighted by Gasteiger charge is -2.32. The van der Waals surface area contributed by atoms with Gasteiger partial charge in [-0.2, -0.15) is 0 Å². The highest BCUT2D eigenvalue weighted by Crippen LogP contribution is 2.48. The minimum Gasteiger partial charge on any atom is -0.371 e. The molecule has 0 saturated heterocycles. The zero-order valence-electron chi connectivity index (χ0n) is 31.0. The third-order valence-corrected chi connectivity index (χ3v) is 10.4. The minimum absolute atomic E-state index is 0.102. The van der Waals surface area contributed by atoms with Crippen LogP contribution in [0.3, 0.4) is 0 Å². The molecule has 1 N–H and O–H groups in total. The summed E-state index contributed by atoms with van der Waals surface area (Å²) in [7, 11) is 2.19. The number of para-hydroxylation sites is 1. The van der Waals surface area contributed by atoms with Crippen molar-refractivity contribution in [3.8, 4) is 11.1 Å². The fourth-order valence-corrected chi connectivity index (χ4v) is 7.86. The molecule has 0 spiro atoms. The average Bonchev–Trinajstić information content (AvgIpc) is 3.59. The number of benzene rings is 4. The van der Waals surface area contributed by atoms with Gasteiger partial charge in [0.1, 0.15) is 11.9 Å². The van der Waals surface area contributed by atoms with Gasteiger partial charge in [-0.05, 0) is 85.2 Å². The highest BCUT2D eigenvalue weighted by Gasteiger charge is 2.34. The molecule has 5 aromatic rings. The van der Waals surface area contributed by atoms with Crippen molar-refractivity contribution in [1.82, 2.24) is 9.55 Å². The summed E-state index contributed by atoms with van der Waals surface area (Å²) in [4.78, 5) is 5.67. The Morgan fingerprint density at radius 1 is 0.583 bits per heavy atom. The molecular formula is C45H55N3. The zero-order valence-corrected chi connectivity index (χ0v) is 31.0. The molecule has 1 aliphatic carbocycles. The first-order valence-corrected chi connectivity index (χ1v) is 18.2. The number of fused-ring (bicyclic) bond motifs is 3. The number of anilines is 1. The lowest BCUT2D eigenvalue weighted by atomic mass is 9.81. The van der Waals surface area contributed by atoms with Crippen LogP contribution in [-0.2, 0) is 7.05 Å². The normalized spacial score (nSPS) is 13.7. The Balaban J connectivity index is 1.63. The Bertz CT molecular complexity index is 1820. The van der Waals surface area contributed by atoms with Crippen LogP contribution in [-0.4, -0.2) is 9.55 Å². The number of imidazole rings is 1. The second kappa shape index (κ2) is 13.4. The number of rotatable bonds is 10. The Hall–Kier alpha value is -4.11. The Morgan fingerprint density at radius 3 is 1.52 bits per heavy atom. The van der Waals surface area contributed by atoms with Gasteiger partial charge in [-0.3, -0.25) is 0 Å². The van der Waals surface area contributed by atoms with Gasteiger partial charge >= 0.3 is 0 Å². The number of nitrogens with zero attached hydrogens (tertiary/aromatic N) is 2. The van der Waals surface area contributed by atoms with E-state index in [1.807, 2.05) is 0 Å². The molecule has 3 heteroatoms. The van der Waals surface area contributed by atoms with Gasteiger partial charge in [-0.15, -0.1) is 0 Å². The van der Waals surface area contributed by atoms with E-state index in [2.05, 4.69) is 171 Å². The SMILES string of the molecule is CC(C)c1cc(C(C)C)c(C(Nc2c(C(C)C)cccc2C(C)C)c2nc(C3c4ccccc4-c4ccccc43)cn2C)c(C(C)C)c1. The smallest absolute Gasteiger partial charge is 0.136 e. The molecule has 6 rings (SSSR count).